The first-order valence-electron chi connectivity index (χ1n) is 7.70. The van der Waals surface area contributed by atoms with Crippen LogP contribution >= 0.6 is 11.8 Å². The topological polar surface area (TPSA) is 41.0 Å². The van der Waals surface area contributed by atoms with Gasteiger partial charge in [0, 0.05) is 25.7 Å². The SMILES string of the molecule is CCNc1cc(N(CC2CC2)CC2CC2)nc(SC)n1. The summed E-state index contributed by atoms with van der Waals surface area (Å²) >= 11 is 1.62. The zero-order chi connectivity index (χ0) is 13.9. The molecule has 3 rings (SSSR count). The maximum absolute atomic E-state index is 4.73. The van der Waals surface area contributed by atoms with E-state index < -0.39 is 0 Å². The highest BCUT2D eigenvalue weighted by Crippen LogP contribution is 2.35. The molecule has 0 saturated heterocycles. The van der Waals surface area contributed by atoms with Crippen molar-refractivity contribution in [2.45, 2.75) is 37.8 Å². The highest BCUT2D eigenvalue weighted by atomic mass is 32.2. The molecule has 20 heavy (non-hydrogen) atoms. The first-order chi connectivity index (χ1) is 9.78. The van der Waals surface area contributed by atoms with Gasteiger partial charge in [-0.05, 0) is 50.7 Å². The molecule has 4 nitrogen and oxygen atoms in total. The Balaban J connectivity index is 1.80. The van der Waals surface area contributed by atoms with Crippen LogP contribution in [-0.4, -0.2) is 35.9 Å². The Kier molecular flexibility index (Phi) is 4.34. The predicted molar refractivity (Wildman–Crippen MR) is 85.6 cm³/mol. The van der Waals surface area contributed by atoms with Gasteiger partial charge in [-0.1, -0.05) is 11.8 Å². The quantitative estimate of drug-likeness (QED) is 0.588. The molecule has 2 saturated carbocycles. The summed E-state index contributed by atoms with van der Waals surface area (Å²) in [5.41, 5.74) is 0. The summed E-state index contributed by atoms with van der Waals surface area (Å²) in [5.74, 6) is 3.85. The second kappa shape index (κ2) is 6.20. The van der Waals surface area contributed by atoms with Gasteiger partial charge in [0.05, 0.1) is 0 Å². The van der Waals surface area contributed by atoms with Gasteiger partial charge in [-0.25, -0.2) is 9.97 Å². The zero-order valence-electron chi connectivity index (χ0n) is 12.4. The van der Waals surface area contributed by atoms with Crippen molar-refractivity contribution in [3.63, 3.8) is 0 Å². The minimum absolute atomic E-state index is 0.870. The van der Waals surface area contributed by atoms with E-state index in [1.54, 1.807) is 11.8 Å². The lowest BCUT2D eigenvalue weighted by Gasteiger charge is -2.24. The fraction of sp³-hybridized carbons (Fsp3) is 0.733. The smallest absolute Gasteiger partial charge is 0.191 e. The van der Waals surface area contributed by atoms with Gasteiger partial charge in [0.1, 0.15) is 11.6 Å². The molecule has 0 aliphatic heterocycles. The lowest BCUT2D eigenvalue weighted by molar-refractivity contribution is 0.666. The van der Waals surface area contributed by atoms with Crippen LogP contribution in [0.25, 0.3) is 0 Å². The normalized spacial score (nSPS) is 18.1. The van der Waals surface area contributed by atoms with Crippen LogP contribution in [0.2, 0.25) is 0 Å². The van der Waals surface area contributed by atoms with Crippen LogP contribution in [0.1, 0.15) is 32.6 Å². The highest BCUT2D eigenvalue weighted by Gasteiger charge is 2.30. The van der Waals surface area contributed by atoms with Crippen molar-refractivity contribution >= 4 is 23.4 Å². The summed E-state index contributed by atoms with van der Waals surface area (Å²) in [6.07, 6.45) is 7.60. The molecule has 1 aromatic heterocycles. The van der Waals surface area contributed by atoms with Crippen molar-refractivity contribution in [1.82, 2.24) is 9.97 Å². The van der Waals surface area contributed by atoms with E-state index in [4.69, 9.17) is 4.98 Å². The molecule has 0 aromatic carbocycles. The number of aromatic nitrogens is 2. The number of thioether (sulfide) groups is 1. The van der Waals surface area contributed by atoms with Gasteiger partial charge in [0.15, 0.2) is 5.16 Å². The van der Waals surface area contributed by atoms with Gasteiger partial charge in [-0.2, -0.15) is 0 Å². The Morgan fingerprint density at radius 3 is 2.35 bits per heavy atom. The van der Waals surface area contributed by atoms with Gasteiger partial charge in [-0.3, -0.25) is 0 Å². The summed E-state index contributed by atoms with van der Waals surface area (Å²) in [6, 6.07) is 2.12. The number of nitrogens with zero attached hydrogens (tertiary/aromatic N) is 3. The van der Waals surface area contributed by atoms with Crippen LogP contribution in [0, 0.1) is 11.8 Å². The molecular formula is C15H24N4S. The monoisotopic (exact) mass is 292 g/mol. The summed E-state index contributed by atoms with van der Waals surface area (Å²) in [5, 5.41) is 4.19. The van der Waals surface area contributed by atoms with Crippen molar-refractivity contribution in [2.24, 2.45) is 11.8 Å². The average molecular weight is 292 g/mol. The second-order valence-corrected chi connectivity index (χ2v) is 6.69. The Morgan fingerprint density at radius 1 is 1.20 bits per heavy atom. The zero-order valence-corrected chi connectivity index (χ0v) is 13.2. The largest absolute Gasteiger partial charge is 0.370 e. The fourth-order valence-electron chi connectivity index (χ4n) is 2.42. The number of nitrogens with one attached hydrogen (secondary N) is 1. The van der Waals surface area contributed by atoms with E-state index in [0.29, 0.717) is 0 Å². The van der Waals surface area contributed by atoms with Crippen LogP contribution in [-0.2, 0) is 0 Å². The molecule has 0 amide bonds. The fourth-order valence-corrected chi connectivity index (χ4v) is 2.80. The number of rotatable bonds is 8. The number of hydrogen-bond donors (Lipinski definition) is 1. The first kappa shape index (κ1) is 14.0. The van der Waals surface area contributed by atoms with Gasteiger partial charge < -0.3 is 10.2 Å². The van der Waals surface area contributed by atoms with Gasteiger partial charge in [0.2, 0.25) is 0 Å². The lowest BCUT2D eigenvalue weighted by atomic mass is 10.3. The summed E-state index contributed by atoms with van der Waals surface area (Å²) in [6.45, 7) is 5.35. The van der Waals surface area contributed by atoms with Crippen LogP contribution in [0.15, 0.2) is 11.2 Å². The molecule has 0 radical (unpaired) electrons. The second-order valence-electron chi connectivity index (χ2n) is 5.92. The standard InChI is InChI=1S/C15H24N4S/c1-3-16-13-8-14(18-15(17-13)20-2)19(9-11-4-5-11)10-12-6-7-12/h8,11-12H,3-7,9-10H2,1-2H3,(H,16,17,18). The van der Waals surface area contributed by atoms with E-state index in [2.05, 4.69) is 28.2 Å². The molecule has 1 aromatic rings. The summed E-state index contributed by atoms with van der Waals surface area (Å²) in [7, 11) is 0. The highest BCUT2D eigenvalue weighted by molar-refractivity contribution is 7.98. The van der Waals surface area contributed by atoms with E-state index in [9.17, 15) is 0 Å². The molecule has 0 atom stereocenters. The molecule has 2 aliphatic rings. The van der Waals surface area contributed by atoms with Crippen molar-refractivity contribution in [3.05, 3.63) is 6.07 Å². The van der Waals surface area contributed by atoms with Crippen LogP contribution in [0.3, 0.4) is 0 Å². The van der Waals surface area contributed by atoms with Gasteiger partial charge >= 0.3 is 0 Å². The van der Waals surface area contributed by atoms with E-state index in [0.717, 1.165) is 35.2 Å². The van der Waals surface area contributed by atoms with E-state index in [1.807, 2.05) is 6.26 Å². The maximum atomic E-state index is 4.73. The Morgan fingerprint density at radius 2 is 1.85 bits per heavy atom. The third-order valence-corrected chi connectivity index (χ3v) is 4.46. The number of hydrogen-bond acceptors (Lipinski definition) is 5. The van der Waals surface area contributed by atoms with Crippen molar-refractivity contribution in [2.75, 3.05) is 36.1 Å². The minimum atomic E-state index is 0.870. The van der Waals surface area contributed by atoms with Crippen LogP contribution in [0.4, 0.5) is 11.6 Å². The number of anilines is 2. The lowest BCUT2D eigenvalue weighted by Crippen LogP contribution is -2.29. The molecule has 2 aliphatic carbocycles. The third-order valence-electron chi connectivity index (χ3n) is 3.91. The Hall–Kier alpha value is -0.970. The molecule has 0 spiro atoms. The molecule has 5 heteroatoms. The molecule has 110 valence electrons. The van der Waals surface area contributed by atoms with Crippen molar-refractivity contribution in [1.29, 1.82) is 0 Å². The molecule has 1 N–H and O–H groups in total. The van der Waals surface area contributed by atoms with Crippen molar-refractivity contribution < 1.29 is 0 Å². The molecular weight excluding hydrogens is 268 g/mol. The minimum Gasteiger partial charge on any atom is -0.370 e. The van der Waals surface area contributed by atoms with Crippen molar-refractivity contribution in [3.8, 4) is 0 Å². The maximum Gasteiger partial charge on any atom is 0.191 e. The molecule has 1 heterocycles. The Labute approximate surface area is 125 Å². The molecule has 0 unspecified atom stereocenters. The molecule has 2 fully saturated rings. The van der Waals surface area contributed by atoms with E-state index in [1.165, 1.54) is 38.8 Å². The van der Waals surface area contributed by atoms with E-state index >= 15 is 0 Å². The average Bonchev–Trinajstić information content (AvgIpc) is 3.33. The van der Waals surface area contributed by atoms with Crippen LogP contribution in [0.5, 0.6) is 0 Å². The third kappa shape index (κ3) is 3.78. The van der Waals surface area contributed by atoms with Crippen LogP contribution < -0.4 is 10.2 Å². The first-order valence-corrected chi connectivity index (χ1v) is 8.93. The van der Waals surface area contributed by atoms with Gasteiger partial charge in [0.25, 0.3) is 0 Å². The molecule has 0 bridgehead atoms. The Bertz CT molecular complexity index is 443. The van der Waals surface area contributed by atoms with Gasteiger partial charge in [-0.15, -0.1) is 0 Å². The predicted octanol–water partition coefficient (Wildman–Crippen LogP) is 3.26. The van der Waals surface area contributed by atoms with E-state index in [-0.39, 0.29) is 0 Å². The summed E-state index contributed by atoms with van der Waals surface area (Å²) < 4.78 is 0. The summed E-state index contributed by atoms with van der Waals surface area (Å²) in [4.78, 5) is 11.8.